The van der Waals surface area contributed by atoms with Gasteiger partial charge in [-0.25, -0.2) is 0 Å². The number of hydrogen-bond donors (Lipinski definition) is 1. The quantitative estimate of drug-likeness (QED) is 0.812. The first-order valence-corrected chi connectivity index (χ1v) is 5.93. The van der Waals surface area contributed by atoms with E-state index >= 15 is 0 Å². The van der Waals surface area contributed by atoms with Crippen LogP contribution in [-0.2, 0) is 0 Å². The van der Waals surface area contributed by atoms with Gasteiger partial charge in [0.1, 0.15) is 0 Å². The first-order chi connectivity index (χ1) is 7.77. The molecule has 1 N–H and O–H groups in total. The highest BCUT2D eigenvalue weighted by molar-refractivity contribution is 5.32. The van der Waals surface area contributed by atoms with Crippen molar-refractivity contribution in [3.05, 3.63) is 60.2 Å². The molecule has 0 saturated carbocycles. The fourth-order valence-electron chi connectivity index (χ4n) is 2.14. The Morgan fingerprint density at radius 3 is 2.38 bits per heavy atom. The van der Waals surface area contributed by atoms with Crippen LogP contribution in [0, 0.1) is 0 Å². The number of allylic oxidation sites excluding steroid dienone is 2. The first-order valence-electron chi connectivity index (χ1n) is 5.93. The van der Waals surface area contributed by atoms with Crippen LogP contribution in [0.1, 0.15) is 25.3 Å². The van der Waals surface area contributed by atoms with Gasteiger partial charge in [-0.3, -0.25) is 0 Å². The van der Waals surface area contributed by atoms with Crippen LogP contribution in [0.25, 0.3) is 0 Å². The summed E-state index contributed by atoms with van der Waals surface area (Å²) in [5.41, 5.74) is 1.38. The van der Waals surface area contributed by atoms with Crippen molar-refractivity contribution < 1.29 is 0 Å². The van der Waals surface area contributed by atoms with Gasteiger partial charge < -0.3 is 5.32 Å². The van der Waals surface area contributed by atoms with Crippen molar-refractivity contribution in [2.75, 3.05) is 0 Å². The van der Waals surface area contributed by atoms with E-state index in [-0.39, 0.29) is 0 Å². The monoisotopic (exact) mass is 213 g/mol. The summed E-state index contributed by atoms with van der Waals surface area (Å²) in [5.74, 6) is 0.452. The average Bonchev–Trinajstić information content (AvgIpc) is 2.30. The zero-order valence-corrected chi connectivity index (χ0v) is 9.93. The van der Waals surface area contributed by atoms with Gasteiger partial charge in [-0.1, -0.05) is 68.5 Å². The minimum Gasteiger partial charge on any atom is -0.307 e. The van der Waals surface area contributed by atoms with Crippen LogP contribution in [0.5, 0.6) is 0 Å². The lowest BCUT2D eigenvalue weighted by molar-refractivity contribution is 0.490. The van der Waals surface area contributed by atoms with E-state index in [0.717, 1.165) is 0 Å². The fourth-order valence-corrected chi connectivity index (χ4v) is 2.14. The van der Waals surface area contributed by atoms with Gasteiger partial charge in [0.2, 0.25) is 0 Å². The maximum absolute atomic E-state index is 3.59. The van der Waals surface area contributed by atoms with Gasteiger partial charge in [-0.05, 0) is 5.56 Å². The zero-order chi connectivity index (χ0) is 11.4. The summed E-state index contributed by atoms with van der Waals surface area (Å²) in [7, 11) is 0. The lowest BCUT2D eigenvalue weighted by Crippen LogP contribution is -2.38. The van der Waals surface area contributed by atoms with Gasteiger partial charge in [-0.15, -0.1) is 0 Å². The molecule has 1 aliphatic rings. The normalized spacial score (nSPS) is 23.9. The predicted molar refractivity (Wildman–Crippen MR) is 69.5 cm³/mol. The van der Waals surface area contributed by atoms with E-state index < -0.39 is 0 Å². The van der Waals surface area contributed by atoms with Crippen molar-refractivity contribution in [2.24, 2.45) is 0 Å². The molecule has 1 aromatic carbocycles. The SMILES string of the molecule is CC(C)NC1C=CC=CC1c1ccccc1. The summed E-state index contributed by atoms with van der Waals surface area (Å²) in [6, 6.07) is 11.6. The van der Waals surface area contributed by atoms with Crippen LogP contribution < -0.4 is 5.32 Å². The Bertz CT molecular complexity index is 376. The Morgan fingerprint density at radius 2 is 1.69 bits per heavy atom. The number of hydrogen-bond acceptors (Lipinski definition) is 1. The molecule has 1 aromatic rings. The standard InChI is InChI=1S/C15H19N/c1-12(2)16-15-11-7-6-10-14(15)13-8-4-3-5-9-13/h3-12,14-16H,1-2H3. The minimum atomic E-state index is 0.410. The molecule has 0 saturated heterocycles. The lowest BCUT2D eigenvalue weighted by atomic mass is 9.88. The predicted octanol–water partition coefficient (Wildman–Crippen LogP) is 3.26. The van der Waals surface area contributed by atoms with Crippen LogP contribution in [0.15, 0.2) is 54.6 Å². The van der Waals surface area contributed by atoms with E-state index in [1.807, 2.05) is 0 Å². The third kappa shape index (κ3) is 2.61. The zero-order valence-electron chi connectivity index (χ0n) is 9.93. The van der Waals surface area contributed by atoms with Crippen LogP contribution in [0.4, 0.5) is 0 Å². The maximum atomic E-state index is 3.59. The molecule has 2 unspecified atom stereocenters. The molecule has 0 heterocycles. The summed E-state index contributed by atoms with van der Waals surface area (Å²) in [6.07, 6.45) is 8.78. The molecular formula is C15H19N. The van der Waals surface area contributed by atoms with Crippen molar-refractivity contribution in [2.45, 2.75) is 31.8 Å². The molecule has 1 heteroatoms. The third-order valence-electron chi connectivity index (χ3n) is 2.85. The van der Waals surface area contributed by atoms with Gasteiger partial charge in [0.25, 0.3) is 0 Å². The van der Waals surface area contributed by atoms with E-state index in [1.54, 1.807) is 0 Å². The average molecular weight is 213 g/mol. The fraction of sp³-hybridized carbons (Fsp3) is 0.333. The molecule has 1 aliphatic carbocycles. The number of benzene rings is 1. The second-order valence-electron chi connectivity index (χ2n) is 4.55. The molecular weight excluding hydrogens is 194 g/mol. The highest BCUT2D eigenvalue weighted by atomic mass is 14.9. The summed E-state index contributed by atoms with van der Waals surface area (Å²) < 4.78 is 0. The van der Waals surface area contributed by atoms with Gasteiger partial charge in [0.05, 0.1) is 0 Å². The Hall–Kier alpha value is -1.34. The Labute approximate surface area is 97.9 Å². The molecule has 0 aliphatic heterocycles. The highest BCUT2D eigenvalue weighted by Gasteiger charge is 2.20. The Kier molecular flexibility index (Phi) is 3.58. The van der Waals surface area contributed by atoms with Crippen molar-refractivity contribution >= 4 is 0 Å². The van der Waals surface area contributed by atoms with Crippen LogP contribution in [-0.4, -0.2) is 12.1 Å². The maximum Gasteiger partial charge on any atom is 0.0359 e. The van der Waals surface area contributed by atoms with Gasteiger partial charge in [0.15, 0.2) is 0 Å². The molecule has 1 nitrogen and oxygen atoms in total. The summed E-state index contributed by atoms with van der Waals surface area (Å²) >= 11 is 0. The molecule has 2 rings (SSSR count). The van der Waals surface area contributed by atoms with E-state index in [9.17, 15) is 0 Å². The van der Waals surface area contributed by atoms with Crippen molar-refractivity contribution in [3.8, 4) is 0 Å². The largest absolute Gasteiger partial charge is 0.307 e. The van der Waals surface area contributed by atoms with Crippen molar-refractivity contribution in [1.82, 2.24) is 5.32 Å². The second kappa shape index (κ2) is 5.13. The molecule has 0 spiro atoms. The Morgan fingerprint density at radius 1 is 1.00 bits per heavy atom. The molecule has 16 heavy (non-hydrogen) atoms. The smallest absolute Gasteiger partial charge is 0.0359 e. The van der Waals surface area contributed by atoms with Crippen LogP contribution in [0.2, 0.25) is 0 Å². The van der Waals surface area contributed by atoms with Gasteiger partial charge in [0, 0.05) is 18.0 Å². The molecule has 2 atom stereocenters. The third-order valence-corrected chi connectivity index (χ3v) is 2.85. The van der Waals surface area contributed by atoms with E-state index in [4.69, 9.17) is 0 Å². The highest BCUT2D eigenvalue weighted by Crippen LogP contribution is 2.25. The second-order valence-corrected chi connectivity index (χ2v) is 4.55. The summed E-state index contributed by atoms with van der Waals surface area (Å²) in [4.78, 5) is 0. The van der Waals surface area contributed by atoms with E-state index in [1.165, 1.54) is 5.56 Å². The molecule has 0 fully saturated rings. The van der Waals surface area contributed by atoms with Crippen LogP contribution in [0.3, 0.4) is 0 Å². The molecule has 0 bridgehead atoms. The Balaban J connectivity index is 2.18. The van der Waals surface area contributed by atoms with Gasteiger partial charge in [-0.2, -0.15) is 0 Å². The van der Waals surface area contributed by atoms with Crippen LogP contribution >= 0.6 is 0 Å². The molecule has 84 valence electrons. The minimum absolute atomic E-state index is 0.410. The molecule has 0 radical (unpaired) electrons. The summed E-state index contributed by atoms with van der Waals surface area (Å²) in [5, 5.41) is 3.59. The molecule has 0 amide bonds. The van der Waals surface area contributed by atoms with Crippen molar-refractivity contribution in [3.63, 3.8) is 0 Å². The lowest BCUT2D eigenvalue weighted by Gasteiger charge is -2.27. The number of nitrogens with one attached hydrogen (secondary N) is 1. The first kappa shape index (κ1) is 11.2. The van der Waals surface area contributed by atoms with E-state index in [0.29, 0.717) is 18.0 Å². The van der Waals surface area contributed by atoms with E-state index in [2.05, 4.69) is 73.8 Å². The molecule has 0 aromatic heterocycles. The topological polar surface area (TPSA) is 12.0 Å². The number of rotatable bonds is 3. The summed E-state index contributed by atoms with van der Waals surface area (Å²) in [6.45, 7) is 4.38. The van der Waals surface area contributed by atoms with Gasteiger partial charge >= 0.3 is 0 Å². The van der Waals surface area contributed by atoms with Crippen molar-refractivity contribution in [1.29, 1.82) is 0 Å².